The number of allylic oxidation sites excluding steroid dienone is 3. The quantitative estimate of drug-likeness (QED) is 0.288. The molecule has 0 rings (SSSR count). The average Bonchev–Trinajstić information content (AvgIpc) is 2.05. The highest BCUT2D eigenvalue weighted by Gasteiger charge is 2.07. The highest BCUT2D eigenvalue weighted by atomic mass is 16.5. The van der Waals surface area contributed by atoms with E-state index in [0.717, 1.165) is 5.57 Å². The highest BCUT2D eigenvalue weighted by molar-refractivity contribution is 5.93. The van der Waals surface area contributed by atoms with Crippen LogP contribution in [0.1, 0.15) is 20.8 Å². The molecule has 70 valence electrons. The van der Waals surface area contributed by atoms with Crippen LogP contribution in [-0.4, -0.2) is 12.6 Å². The van der Waals surface area contributed by atoms with Crippen LogP contribution in [0.15, 0.2) is 23.3 Å². The molecule has 0 radical (unpaired) electrons. The van der Waals surface area contributed by atoms with Gasteiger partial charge in [-0.15, -0.1) is 0 Å². The summed E-state index contributed by atoms with van der Waals surface area (Å²) >= 11 is 0. The van der Waals surface area contributed by atoms with Crippen LogP contribution >= 0.6 is 0 Å². The molecule has 0 aromatic carbocycles. The minimum absolute atomic E-state index is 0.0306. The van der Waals surface area contributed by atoms with Gasteiger partial charge in [0.15, 0.2) is 0 Å². The lowest BCUT2D eigenvalue weighted by Crippen LogP contribution is -2.05. The summed E-state index contributed by atoms with van der Waals surface area (Å²) in [5, 5.41) is 8.59. The molecule has 0 saturated carbocycles. The highest BCUT2D eigenvalue weighted by Crippen LogP contribution is 1.99. The molecule has 0 aliphatic rings. The molecule has 0 N–H and O–H groups in total. The lowest BCUT2D eigenvalue weighted by molar-refractivity contribution is -0.138. The number of ether oxygens (including phenoxy) is 1. The van der Waals surface area contributed by atoms with E-state index in [9.17, 15) is 4.79 Å². The number of nitriles is 1. The summed E-state index contributed by atoms with van der Waals surface area (Å²) in [5.74, 6) is -0.567. The number of esters is 1. The summed E-state index contributed by atoms with van der Waals surface area (Å²) in [6, 6.07) is 1.78. The predicted octanol–water partition coefficient (Wildman–Crippen LogP) is 1.97. The van der Waals surface area contributed by atoms with Crippen molar-refractivity contribution < 1.29 is 9.53 Å². The van der Waals surface area contributed by atoms with Crippen LogP contribution in [0, 0.1) is 11.3 Å². The fraction of sp³-hybridized carbons (Fsp3) is 0.400. The SMILES string of the molecule is CCOC(=O)/C(C#N)=C/C=C(C)C. The standard InChI is InChI=1S/C10H13NO2/c1-4-13-10(12)9(7-11)6-5-8(2)3/h5-6H,4H2,1-3H3/b9-6+. The van der Waals surface area contributed by atoms with Gasteiger partial charge >= 0.3 is 5.97 Å². The van der Waals surface area contributed by atoms with E-state index in [1.165, 1.54) is 6.08 Å². The van der Waals surface area contributed by atoms with E-state index in [1.807, 2.05) is 13.8 Å². The molecular formula is C10H13NO2. The Morgan fingerprint density at radius 3 is 2.46 bits per heavy atom. The maximum atomic E-state index is 11.0. The maximum absolute atomic E-state index is 11.0. The van der Waals surface area contributed by atoms with Crippen molar-refractivity contribution >= 4 is 5.97 Å². The molecule has 0 spiro atoms. The number of carbonyl (C=O) groups excluding carboxylic acids is 1. The summed E-state index contributed by atoms with van der Waals surface area (Å²) in [7, 11) is 0. The van der Waals surface area contributed by atoms with E-state index in [2.05, 4.69) is 4.74 Å². The number of carbonyl (C=O) groups is 1. The molecule has 0 aromatic rings. The molecule has 13 heavy (non-hydrogen) atoms. The zero-order valence-electron chi connectivity index (χ0n) is 8.13. The van der Waals surface area contributed by atoms with Crippen molar-refractivity contribution in [2.75, 3.05) is 6.61 Å². The Morgan fingerprint density at radius 1 is 1.46 bits per heavy atom. The smallest absolute Gasteiger partial charge is 0.348 e. The number of rotatable bonds is 3. The topological polar surface area (TPSA) is 50.1 Å². The van der Waals surface area contributed by atoms with Crippen LogP contribution in [0.3, 0.4) is 0 Å². The van der Waals surface area contributed by atoms with E-state index >= 15 is 0 Å². The second-order valence-electron chi connectivity index (χ2n) is 2.66. The van der Waals surface area contributed by atoms with Crippen molar-refractivity contribution in [3.63, 3.8) is 0 Å². The Labute approximate surface area is 78.3 Å². The molecule has 0 heterocycles. The van der Waals surface area contributed by atoms with Gasteiger partial charge < -0.3 is 4.74 Å². The second-order valence-corrected chi connectivity index (χ2v) is 2.66. The Hall–Kier alpha value is -1.56. The average molecular weight is 179 g/mol. The fourth-order valence-electron chi connectivity index (χ4n) is 0.610. The molecular weight excluding hydrogens is 166 g/mol. The normalized spacial score (nSPS) is 10.2. The molecule has 0 aromatic heterocycles. The van der Waals surface area contributed by atoms with Gasteiger partial charge in [-0.3, -0.25) is 0 Å². The first-order valence-electron chi connectivity index (χ1n) is 4.04. The van der Waals surface area contributed by atoms with Gasteiger partial charge in [0.2, 0.25) is 0 Å². The van der Waals surface area contributed by atoms with Gasteiger partial charge in [0.05, 0.1) is 6.61 Å². The van der Waals surface area contributed by atoms with E-state index in [0.29, 0.717) is 0 Å². The third-order valence-corrected chi connectivity index (χ3v) is 1.20. The van der Waals surface area contributed by atoms with Gasteiger partial charge in [0, 0.05) is 0 Å². The van der Waals surface area contributed by atoms with Gasteiger partial charge in [0.25, 0.3) is 0 Å². The Morgan fingerprint density at radius 2 is 2.08 bits per heavy atom. The largest absolute Gasteiger partial charge is 0.462 e. The summed E-state index contributed by atoms with van der Waals surface area (Å²) in [5.41, 5.74) is 1.06. The second kappa shape index (κ2) is 6.01. The van der Waals surface area contributed by atoms with Crippen molar-refractivity contribution in [3.05, 3.63) is 23.3 Å². The van der Waals surface area contributed by atoms with Crippen LogP contribution in [0.5, 0.6) is 0 Å². The van der Waals surface area contributed by atoms with Crippen LogP contribution < -0.4 is 0 Å². The van der Waals surface area contributed by atoms with Gasteiger partial charge in [-0.05, 0) is 26.8 Å². The van der Waals surface area contributed by atoms with Gasteiger partial charge in [0.1, 0.15) is 11.6 Å². The Bertz CT molecular complexity index is 278. The van der Waals surface area contributed by atoms with Crippen molar-refractivity contribution in [2.45, 2.75) is 20.8 Å². The molecule has 0 aliphatic heterocycles. The molecule has 3 nitrogen and oxygen atoms in total. The first-order valence-corrected chi connectivity index (χ1v) is 4.04. The molecule has 3 heteroatoms. The zero-order valence-corrected chi connectivity index (χ0v) is 8.13. The first-order chi connectivity index (χ1) is 6.11. The zero-order chi connectivity index (χ0) is 10.3. The van der Waals surface area contributed by atoms with Gasteiger partial charge in [-0.2, -0.15) is 5.26 Å². The summed E-state index contributed by atoms with van der Waals surface area (Å²) < 4.78 is 4.67. The van der Waals surface area contributed by atoms with Crippen LogP contribution in [0.25, 0.3) is 0 Å². The molecule has 0 saturated heterocycles. The molecule has 0 unspecified atom stereocenters. The van der Waals surface area contributed by atoms with Crippen molar-refractivity contribution in [1.29, 1.82) is 5.26 Å². The molecule has 0 atom stereocenters. The van der Waals surface area contributed by atoms with Crippen molar-refractivity contribution in [2.24, 2.45) is 0 Å². The number of hydrogen-bond donors (Lipinski definition) is 0. The van der Waals surface area contributed by atoms with Gasteiger partial charge in [-0.25, -0.2) is 4.79 Å². The van der Waals surface area contributed by atoms with Crippen LogP contribution in [-0.2, 0) is 9.53 Å². The summed E-state index contributed by atoms with van der Waals surface area (Å²) in [4.78, 5) is 11.0. The molecule has 0 aliphatic carbocycles. The minimum Gasteiger partial charge on any atom is -0.462 e. The van der Waals surface area contributed by atoms with E-state index < -0.39 is 5.97 Å². The third-order valence-electron chi connectivity index (χ3n) is 1.20. The monoisotopic (exact) mass is 179 g/mol. The minimum atomic E-state index is -0.567. The van der Waals surface area contributed by atoms with Gasteiger partial charge in [-0.1, -0.05) is 11.6 Å². The fourth-order valence-corrected chi connectivity index (χ4v) is 0.610. The Balaban J connectivity index is 4.53. The van der Waals surface area contributed by atoms with Crippen LogP contribution in [0.2, 0.25) is 0 Å². The van der Waals surface area contributed by atoms with E-state index in [1.54, 1.807) is 19.1 Å². The van der Waals surface area contributed by atoms with E-state index in [-0.39, 0.29) is 12.2 Å². The Kier molecular flexibility index (Phi) is 5.29. The van der Waals surface area contributed by atoms with Crippen LogP contribution in [0.4, 0.5) is 0 Å². The number of hydrogen-bond acceptors (Lipinski definition) is 3. The summed E-state index contributed by atoms with van der Waals surface area (Å²) in [6.07, 6.45) is 3.17. The lowest BCUT2D eigenvalue weighted by Gasteiger charge is -1.97. The van der Waals surface area contributed by atoms with Crippen molar-refractivity contribution in [1.82, 2.24) is 0 Å². The number of nitrogens with zero attached hydrogens (tertiary/aromatic N) is 1. The lowest BCUT2D eigenvalue weighted by atomic mass is 10.2. The molecule has 0 fully saturated rings. The molecule has 0 amide bonds. The molecule has 0 bridgehead atoms. The maximum Gasteiger partial charge on any atom is 0.348 e. The first kappa shape index (κ1) is 11.4. The third kappa shape index (κ3) is 4.81. The predicted molar refractivity (Wildman–Crippen MR) is 49.8 cm³/mol. The van der Waals surface area contributed by atoms with Crippen molar-refractivity contribution in [3.8, 4) is 6.07 Å². The van der Waals surface area contributed by atoms with E-state index in [4.69, 9.17) is 5.26 Å². The summed E-state index contributed by atoms with van der Waals surface area (Å²) in [6.45, 7) is 5.76.